The molecule has 1 rings (SSSR count). The van der Waals surface area contributed by atoms with Gasteiger partial charge in [-0.25, -0.2) is 0 Å². The second-order valence-corrected chi connectivity index (χ2v) is 5.62. The summed E-state index contributed by atoms with van der Waals surface area (Å²) >= 11 is 0. The molecule has 9 heteroatoms. The van der Waals surface area contributed by atoms with Crippen molar-refractivity contribution in [3.05, 3.63) is 0 Å². The van der Waals surface area contributed by atoms with Gasteiger partial charge in [0.05, 0.1) is 18.8 Å². The molecule has 0 radical (unpaired) electrons. The summed E-state index contributed by atoms with van der Waals surface area (Å²) in [5.74, 6) is -0.449. The number of aldehydes is 1. The molecule has 1 fully saturated rings. The van der Waals surface area contributed by atoms with Crippen molar-refractivity contribution in [1.82, 2.24) is 10.6 Å². The summed E-state index contributed by atoms with van der Waals surface area (Å²) in [6.45, 7) is 3.96. The van der Waals surface area contributed by atoms with E-state index in [0.717, 1.165) is 5.31 Å². The van der Waals surface area contributed by atoms with E-state index >= 15 is 0 Å². The first kappa shape index (κ1) is 18.2. The molecule has 0 spiro atoms. The summed E-state index contributed by atoms with van der Waals surface area (Å²) in [5, 5.41) is 33.0. The monoisotopic (exact) mass is 335 g/mol. The van der Waals surface area contributed by atoms with Crippen molar-refractivity contribution in [1.29, 1.82) is 0 Å². The first-order valence-corrected chi connectivity index (χ1v) is 7.47. The van der Waals surface area contributed by atoms with Crippen LogP contribution in [0.5, 0.6) is 0 Å². The molecule has 0 aromatic carbocycles. The van der Waals surface area contributed by atoms with Gasteiger partial charge >= 0.3 is 0 Å². The molecule has 0 aromatic heterocycles. The predicted octanol–water partition coefficient (Wildman–Crippen LogP) is -2.49. The molecule has 1 unspecified atom stereocenters. The van der Waals surface area contributed by atoms with Gasteiger partial charge in [-0.05, 0) is 13.8 Å². The van der Waals surface area contributed by atoms with Crippen molar-refractivity contribution in [2.75, 3.05) is 13.2 Å². The van der Waals surface area contributed by atoms with E-state index in [1.54, 1.807) is 13.8 Å². The van der Waals surface area contributed by atoms with E-state index in [0.29, 0.717) is 6.29 Å². The van der Waals surface area contributed by atoms with Crippen LogP contribution in [-0.2, 0) is 19.1 Å². The van der Waals surface area contributed by atoms with E-state index in [1.165, 1.54) is 6.92 Å². The zero-order valence-corrected chi connectivity index (χ0v) is 13.5. The van der Waals surface area contributed by atoms with Crippen LogP contribution in [0.2, 0.25) is 1.41 Å². The molecule has 0 aromatic rings. The van der Waals surface area contributed by atoms with Crippen LogP contribution in [-0.4, -0.2) is 83.5 Å². The number of rotatable bonds is 8. The molecule has 1 aliphatic heterocycles. The van der Waals surface area contributed by atoms with E-state index in [-0.39, 0.29) is 6.54 Å². The third-order valence-electron chi connectivity index (χ3n) is 3.48. The molecule has 134 valence electrons. The van der Waals surface area contributed by atoms with Gasteiger partial charge in [0.25, 0.3) is 0 Å². The molecule has 1 amide bonds. The molecule has 23 heavy (non-hydrogen) atoms. The highest BCUT2D eigenvalue weighted by atomic mass is 16.6. The van der Waals surface area contributed by atoms with Gasteiger partial charge in [0.1, 0.15) is 32.1 Å². The largest absolute Gasteiger partial charge is 0.394 e. The van der Waals surface area contributed by atoms with E-state index in [1.807, 2.05) is 0 Å². The highest BCUT2D eigenvalue weighted by Crippen LogP contribution is 2.23. The lowest BCUT2D eigenvalue weighted by molar-refractivity contribution is -0.267. The van der Waals surface area contributed by atoms with Crippen LogP contribution >= 0.6 is 0 Å². The fourth-order valence-electron chi connectivity index (χ4n) is 2.30. The molecule has 1 heterocycles. The molecule has 1 aliphatic rings. The Kier molecular flexibility index (Phi) is 7.34. The summed E-state index contributed by atoms with van der Waals surface area (Å²) in [5.41, 5.74) is 0. The Balaban J connectivity index is 2.83. The minimum atomic E-state index is -1.47. The number of carbonyl (C=O) groups is 2. The summed E-state index contributed by atoms with van der Waals surface area (Å²) in [6, 6.07) is -1.66. The van der Waals surface area contributed by atoms with Gasteiger partial charge in [-0.15, -0.1) is 0 Å². The maximum Gasteiger partial charge on any atom is 0.217 e. The van der Waals surface area contributed by atoms with E-state index in [2.05, 4.69) is 5.32 Å². The lowest BCUT2D eigenvalue weighted by Gasteiger charge is -2.43. The van der Waals surface area contributed by atoms with Crippen LogP contribution < -0.4 is 10.6 Å². The minimum absolute atomic E-state index is 0.0661. The fourth-order valence-corrected chi connectivity index (χ4v) is 2.30. The number of hydrogen-bond acceptors (Lipinski definition) is 8. The van der Waals surface area contributed by atoms with Crippen LogP contribution in [0.3, 0.4) is 0 Å². The average molecular weight is 335 g/mol. The maximum absolute atomic E-state index is 11.3. The second-order valence-electron chi connectivity index (χ2n) is 5.62. The van der Waals surface area contributed by atoms with Crippen LogP contribution in [0.1, 0.15) is 20.8 Å². The Hall–Kier alpha value is -1.10. The van der Waals surface area contributed by atoms with Crippen molar-refractivity contribution in [3.8, 4) is 0 Å². The molecular formula is C14H26N2O7. The van der Waals surface area contributed by atoms with Crippen molar-refractivity contribution >= 4 is 12.2 Å². The van der Waals surface area contributed by atoms with Gasteiger partial charge in [-0.3, -0.25) is 4.79 Å². The zero-order chi connectivity index (χ0) is 18.4. The molecule has 0 aliphatic carbocycles. The van der Waals surface area contributed by atoms with Crippen molar-refractivity contribution in [3.63, 3.8) is 0 Å². The van der Waals surface area contributed by atoms with Crippen molar-refractivity contribution in [2.24, 2.45) is 0 Å². The number of amides is 1. The van der Waals surface area contributed by atoms with E-state index < -0.39 is 55.3 Å². The van der Waals surface area contributed by atoms with Crippen molar-refractivity contribution in [2.45, 2.75) is 63.6 Å². The number of aliphatic hydroxyl groups is 3. The summed E-state index contributed by atoms with van der Waals surface area (Å²) in [7, 11) is 0. The van der Waals surface area contributed by atoms with Crippen LogP contribution in [0, 0.1) is 0 Å². The van der Waals surface area contributed by atoms with Gasteiger partial charge in [-0.1, -0.05) is 0 Å². The Morgan fingerprint density at radius 2 is 2.13 bits per heavy atom. The van der Waals surface area contributed by atoms with Gasteiger partial charge in [0, 0.05) is 13.5 Å². The standard InChI is InChI=1S/C14H26N2O7/c1-7(5-17)15-4-8(2)22-13-11(16-9(3)19)14(21)23-10(6-18)12(13)20/h5,7-8,10-15,18,20-21H,4,6H2,1-3H3,(H,16,19)/t7-,8?,10+,11+,12+,13+,14-/m0/s1/i/hD. The lowest BCUT2D eigenvalue weighted by Crippen LogP contribution is -2.65. The number of aliphatic hydroxyl groups excluding tert-OH is 3. The minimum Gasteiger partial charge on any atom is -0.394 e. The number of carbonyl (C=O) groups excluding carboxylic acids is 2. The lowest BCUT2D eigenvalue weighted by atomic mass is 9.96. The summed E-state index contributed by atoms with van der Waals surface area (Å²) in [6.07, 6.45) is -4.85. The molecule has 9 nitrogen and oxygen atoms in total. The summed E-state index contributed by atoms with van der Waals surface area (Å²) in [4.78, 5) is 22.0. The van der Waals surface area contributed by atoms with Crippen molar-refractivity contribution < 1.29 is 35.8 Å². The third-order valence-corrected chi connectivity index (χ3v) is 3.48. The molecule has 7 atom stereocenters. The van der Waals surface area contributed by atoms with Crippen LogP contribution in [0.4, 0.5) is 0 Å². The van der Waals surface area contributed by atoms with Gasteiger partial charge in [0.15, 0.2) is 6.29 Å². The Morgan fingerprint density at radius 3 is 2.65 bits per heavy atom. The topological polar surface area (TPSA) is 137 Å². The van der Waals surface area contributed by atoms with Crippen LogP contribution in [0.25, 0.3) is 0 Å². The smallest absolute Gasteiger partial charge is 0.217 e. The van der Waals surface area contributed by atoms with Crippen LogP contribution in [0.15, 0.2) is 0 Å². The first-order chi connectivity index (χ1) is 11.2. The summed E-state index contributed by atoms with van der Waals surface area (Å²) < 4.78 is 18.5. The molecule has 0 saturated carbocycles. The molecule has 1 saturated heterocycles. The SMILES string of the molecule is [2H]N(CC(C)O[C@H]1[C@H](O)[C@@H](CO)O[C@H](O)[C@@H]1NC(C)=O)[C@@H](C)C=O. The zero-order valence-electron chi connectivity index (χ0n) is 14.5. The number of hydrogen-bond donors (Lipinski definition) is 5. The average Bonchev–Trinajstić information content (AvgIpc) is 2.52. The fraction of sp³-hybridized carbons (Fsp3) is 0.857. The van der Waals surface area contributed by atoms with E-state index in [4.69, 9.17) is 10.9 Å². The normalized spacial score (nSPS) is 34.6. The van der Waals surface area contributed by atoms with E-state index in [9.17, 15) is 24.9 Å². The number of ether oxygens (including phenoxy) is 2. The van der Waals surface area contributed by atoms with Gasteiger partial charge in [0.2, 0.25) is 5.91 Å². The highest BCUT2D eigenvalue weighted by molar-refractivity contribution is 5.73. The third kappa shape index (κ3) is 5.79. The maximum atomic E-state index is 11.3. The predicted molar refractivity (Wildman–Crippen MR) is 79.4 cm³/mol. The molecular weight excluding hydrogens is 308 g/mol. The molecule has 0 bridgehead atoms. The number of nitrogens with one attached hydrogen (secondary N) is 2. The highest BCUT2D eigenvalue weighted by Gasteiger charge is 2.46. The second kappa shape index (κ2) is 9.26. The Labute approximate surface area is 136 Å². The Morgan fingerprint density at radius 1 is 1.48 bits per heavy atom. The quantitative estimate of drug-likeness (QED) is 0.307. The Bertz CT molecular complexity index is 428. The first-order valence-electron chi connectivity index (χ1n) is 7.91. The van der Waals surface area contributed by atoms with Gasteiger partial charge in [-0.2, -0.15) is 0 Å². The molecule has 5 N–H and O–H groups in total. The van der Waals surface area contributed by atoms with Gasteiger partial charge < -0.3 is 40.2 Å².